The Kier molecular flexibility index (Phi) is 4.66. The lowest BCUT2D eigenvalue weighted by molar-refractivity contribution is 0.0789. The van der Waals surface area contributed by atoms with Crippen molar-refractivity contribution in [3.8, 4) is 0 Å². The Hall–Kier alpha value is -0.490. The third-order valence-corrected chi connectivity index (χ3v) is 3.30. The molecule has 1 aromatic rings. The van der Waals surface area contributed by atoms with Crippen molar-refractivity contribution in [2.24, 2.45) is 0 Å². The van der Waals surface area contributed by atoms with Crippen LogP contribution in [0.2, 0.25) is 0 Å². The van der Waals surface area contributed by atoms with E-state index in [1.54, 1.807) is 16.8 Å². The molecule has 0 aliphatic rings. The van der Waals surface area contributed by atoms with E-state index in [4.69, 9.17) is 0 Å². The molecule has 0 aromatic carbocycles. The normalized spacial score (nSPS) is 14.1. The number of hydrogen-bond donors (Lipinski definition) is 3. The maximum atomic E-state index is 9.28. The number of rotatable bonds is 6. The van der Waals surface area contributed by atoms with Crippen LogP contribution in [-0.2, 0) is 0 Å². The van der Waals surface area contributed by atoms with E-state index in [0.29, 0.717) is 6.42 Å². The van der Waals surface area contributed by atoms with Crippen LogP contribution in [0.25, 0.3) is 0 Å². The van der Waals surface area contributed by atoms with Crippen LogP contribution in [0, 0.1) is 0 Å². The van der Waals surface area contributed by atoms with Crippen LogP contribution < -0.4 is 5.32 Å². The highest BCUT2D eigenvalue weighted by Gasteiger charge is 2.28. The summed E-state index contributed by atoms with van der Waals surface area (Å²) < 4.78 is 0. The Morgan fingerprint density at radius 2 is 2.20 bits per heavy atom. The van der Waals surface area contributed by atoms with Crippen LogP contribution in [0.5, 0.6) is 0 Å². The van der Waals surface area contributed by atoms with Crippen LogP contribution in [0.15, 0.2) is 10.9 Å². The number of nitrogens with zero attached hydrogens (tertiary/aromatic N) is 1. The zero-order valence-electron chi connectivity index (χ0n) is 9.10. The van der Waals surface area contributed by atoms with Gasteiger partial charge in [0, 0.05) is 11.4 Å². The molecule has 4 nitrogen and oxygen atoms in total. The predicted octanol–water partition coefficient (Wildman–Crippen LogP) is 0.927. The van der Waals surface area contributed by atoms with Gasteiger partial charge in [-0.05, 0) is 13.3 Å². The molecular formula is C10H18N2O2S. The molecule has 0 fully saturated rings. The highest BCUT2D eigenvalue weighted by Crippen LogP contribution is 2.18. The molecule has 1 rings (SSSR count). The molecule has 1 heterocycles. The van der Waals surface area contributed by atoms with Crippen molar-refractivity contribution in [2.45, 2.75) is 31.8 Å². The van der Waals surface area contributed by atoms with Crippen LogP contribution in [0.1, 0.15) is 32.0 Å². The van der Waals surface area contributed by atoms with Gasteiger partial charge in [-0.25, -0.2) is 4.98 Å². The molecule has 86 valence electrons. The van der Waals surface area contributed by atoms with Crippen LogP contribution in [0.3, 0.4) is 0 Å². The average Bonchev–Trinajstić information content (AvgIpc) is 2.79. The summed E-state index contributed by atoms with van der Waals surface area (Å²) >= 11 is 1.54. The van der Waals surface area contributed by atoms with E-state index >= 15 is 0 Å². The Morgan fingerprint density at radius 3 is 2.60 bits per heavy atom. The first kappa shape index (κ1) is 12.6. The van der Waals surface area contributed by atoms with E-state index in [2.05, 4.69) is 10.3 Å². The summed E-state index contributed by atoms with van der Waals surface area (Å²) in [6, 6.07) is 0.0375. The van der Waals surface area contributed by atoms with Gasteiger partial charge >= 0.3 is 0 Å². The average molecular weight is 230 g/mol. The van der Waals surface area contributed by atoms with E-state index in [0.717, 1.165) is 5.69 Å². The first-order valence-corrected chi connectivity index (χ1v) is 5.99. The van der Waals surface area contributed by atoms with Crippen LogP contribution >= 0.6 is 11.3 Å². The standard InChI is InChI=1S/C10H18N2O2S/c1-3-10(5-13,6-14)12-8(2)9-4-15-7-11-9/h4,7-8,12-14H,3,5-6H2,1-2H3. The molecule has 0 saturated heterocycles. The molecule has 1 aromatic heterocycles. The monoisotopic (exact) mass is 230 g/mol. The molecule has 1 unspecified atom stereocenters. The molecule has 0 aliphatic heterocycles. The van der Waals surface area contributed by atoms with Crippen molar-refractivity contribution in [1.82, 2.24) is 10.3 Å². The minimum Gasteiger partial charge on any atom is -0.394 e. The fourth-order valence-corrected chi connectivity index (χ4v) is 2.08. The van der Waals surface area contributed by atoms with Gasteiger partial charge in [0.25, 0.3) is 0 Å². The number of hydrogen-bond acceptors (Lipinski definition) is 5. The molecule has 0 radical (unpaired) electrons. The number of aliphatic hydroxyl groups is 2. The highest BCUT2D eigenvalue weighted by molar-refractivity contribution is 7.07. The van der Waals surface area contributed by atoms with E-state index in [9.17, 15) is 10.2 Å². The van der Waals surface area contributed by atoms with E-state index in [1.807, 2.05) is 19.2 Å². The second kappa shape index (κ2) is 5.55. The Morgan fingerprint density at radius 1 is 1.53 bits per heavy atom. The fourth-order valence-electron chi connectivity index (χ4n) is 1.44. The van der Waals surface area contributed by atoms with Crippen molar-refractivity contribution >= 4 is 11.3 Å². The van der Waals surface area contributed by atoms with Crippen LogP contribution in [0.4, 0.5) is 0 Å². The molecule has 0 saturated carbocycles. The molecule has 3 N–H and O–H groups in total. The van der Waals surface area contributed by atoms with Crippen molar-refractivity contribution in [2.75, 3.05) is 13.2 Å². The molecule has 1 atom stereocenters. The number of thiazole rings is 1. The third-order valence-electron chi connectivity index (χ3n) is 2.70. The quantitative estimate of drug-likeness (QED) is 0.680. The largest absolute Gasteiger partial charge is 0.394 e. The molecule has 0 bridgehead atoms. The first-order chi connectivity index (χ1) is 7.17. The van der Waals surface area contributed by atoms with Crippen molar-refractivity contribution in [1.29, 1.82) is 0 Å². The summed E-state index contributed by atoms with van der Waals surface area (Å²) in [5.74, 6) is 0. The van der Waals surface area contributed by atoms with Gasteiger partial charge in [-0.2, -0.15) is 0 Å². The second-order valence-corrected chi connectivity index (χ2v) is 4.45. The molecule has 0 aliphatic carbocycles. The summed E-state index contributed by atoms with van der Waals surface area (Å²) in [5, 5.41) is 23.8. The lowest BCUT2D eigenvalue weighted by Crippen LogP contribution is -2.52. The van der Waals surface area contributed by atoms with E-state index in [1.165, 1.54) is 0 Å². The minimum atomic E-state index is -0.608. The van der Waals surface area contributed by atoms with Gasteiger partial charge in [0.1, 0.15) is 0 Å². The highest BCUT2D eigenvalue weighted by atomic mass is 32.1. The lowest BCUT2D eigenvalue weighted by Gasteiger charge is -2.32. The van der Waals surface area contributed by atoms with Crippen LogP contribution in [-0.4, -0.2) is 33.9 Å². The van der Waals surface area contributed by atoms with E-state index < -0.39 is 5.54 Å². The van der Waals surface area contributed by atoms with Gasteiger partial charge < -0.3 is 10.2 Å². The van der Waals surface area contributed by atoms with Gasteiger partial charge in [-0.3, -0.25) is 5.32 Å². The zero-order valence-corrected chi connectivity index (χ0v) is 9.92. The van der Waals surface area contributed by atoms with Gasteiger partial charge in [0.15, 0.2) is 0 Å². The predicted molar refractivity (Wildman–Crippen MR) is 60.9 cm³/mol. The molecule has 0 amide bonds. The maximum absolute atomic E-state index is 9.28. The molecule has 5 heteroatoms. The molecule has 15 heavy (non-hydrogen) atoms. The smallest absolute Gasteiger partial charge is 0.0795 e. The van der Waals surface area contributed by atoms with Gasteiger partial charge in [-0.15, -0.1) is 11.3 Å². The summed E-state index contributed by atoms with van der Waals surface area (Å²) in [6.07, 6.45) is 0.675. The molecular weight excluding hydrogens is 212 g/mol. The maximum Gasteiger partial charge on any atom is 0.0795 e. The topological polar surface area (TPSA) is 65.4 Å². The van der Waals surface area contributed by atoms with Gasteiger partial charge in [-0.1, -0.05) is 6.92 Å². The Balaban J connectivity index is 2.66. The number of aliphatic hydroxyl groups excluding tert-OH is 2. The zero-order chi connectivity index (χ0) is 11.3. The van der Waals surface area contributed by atoms with Crippen molar-refractivity contribution in [3.63, 3.8) is 0 Å². The van der Waals surface area contributed by atoms with Gasteiger partial charge in [0.05, 0.1) is 30.0 Å². The third kappa shape index (κ3) is 2.98. The Labute approximate surface area is 94.0 Å². The summed E-state index contributed by atoms with van der Waals surface area (Å²) in [5.41, 5.74) is 2.11. The first-order valence-electron chi connectivity index (χ1n) is 5.05. The number of aromatic nitrogens is 1. The fraction of sp³-hybridized carbons (Fsp3) is 0.700. The van der Waals surface area contributed by atoms with Crippen molar-refractivity contribution < 1.29 is 10.2 Å². The summed E-state index contributed by atoms with van der Waals surface area (Å²) in [4.78, 5) is 4.20. The lowest BCUT2D eigenvalue weighted by atomic mass is 9.97. The second-order valence-electron chi connectivity index (χ2n) is 3.73. The summed E-state index contributed by atoms with van der Waals surface area (Å²) in [6.45, 7) is 3.76. The van der Waals surface area contributed by atoms with Crippen molar-refractivity contribution in [3.05, 3.63) is 16.6 Å². The minimum absolute atomic E-state index is 0.0375. The molecule has 0 spiro atoms. The van der Waals surface area contributed by atoms with E-state index in [-0.39, 0.29) is 19.3 Å². The number of nitrogens with one attached hydrogen (secondary N) is 1. The Bertz CT molecular complexity index is 265. The van der Waals surface area contributed by atoms with Gasteiger partial charge in [0.2, 0.25) is 0 Å². The SMILES string of the molecule is CCC(CO)(CO)NC(C)c1cscn1. The summed E-state index contributed by atoms with van der Waals surface area (Å²) in [7, 11) is 0.